The standard InChI is InChI=1S/C13H20O2Si/c1-13(2,3)16(4,5)12-8-6-7-11(15)10(12)9-14/h6-9,15H,1-5H3. The van der Waals surface area contributed by atoms with Crippen LogP contribution in [-0.4, -0.2) is 19.5 Å². The van der Waals surface area contributed by atoms with Gasteiger partial charge in [-0.3, -0.25) is 4.79 Å². The number of phenols is 1. The average molecular weight is 236 g/mol. The molecule has 0 aliphatic heterocycles. The summed E-state index contributed by atoms with van der Waals surface area (Å²) in [7, 11) is -1.77. The fourth-order valence-electron chi connectivity index (χ4n) is 1.63. The Morgan fingerprint density at radius 3 is 2.25 bits per heavy atom. The monoisotopic (exact) mass is 236 g/mol. The molecule has 1 N–H and O–H groups in total. The van der Waals surface area contributed by atoms with Crippen molar-refractivity contribution < 1.29 is 9.90 Å². The number of hydrogen-bond acceptors (Lipinski definition) is 2. The summed E-state index contributed by atoms with van der Waals surface area (Å²) in [4.78, 5) is 11.1. The molecule has 0 aliphatic rings. The number of benzene rings is 1. The third-order valence-electron chi connectivity index (χ3n) is 3.75. The fraction of sp³-hybridized carbons (Fsp3) is 0.462. The van der Waals surface area contributed by atoms with Crippen LogP contribution in [0.4, 0.5) is 0 Å². The predicted molar refractivity (Wildman–Crippen MR) is 70.3 cm³/mol. The molecule has 1 rings (SSSR count). The molecule has 0 atom stereocenters. The third kappa shape index (κ3) is 2.05. The predicted octanol–water partition coefficient (Wildman–Crippen LogP) is 2.92. The highest BCUT2D eigenvalue weighted by atomic mass is 28.3. The van der Waals surface area contributed by atoms with Gasteiger partial charge in [-0.25, -0.2) is 0 Å². The second-order valence-corrected chi connectivity index (χ2v) is 11.0. The highest BCUT2D eigenvalue weighted by Gasteiger charge is 2.38. The summed E-state index contributed by atoms with van der Waals surface area (Å²) in [6.45, 7) is 11.0. The lowest BCUT2D eigenvalue weighted by atomic mass is 10.2. The highest BCUT2D eigenvalue weighted by Crippen LogP contribution is 2.36. The molecular formula is C13H20O2Si. The lowest BCUT2D eigenvalue weighted by Crippen LogP contribution is -2.50. The maximum absolute atomic E-state index is 11.1. The minimum Gasteiger partial charge on any atom is -0.507 e. The van der Waals surface area contributed by atoms with Crippen molar-refractivity contribution in [3.05, 3.63) is 23.8 Å². The summed E-state index contributed by atoms with van der Waals surface area (Å²) in [5.74, 6) is 0.0947. The molecule has 0 aromatic heterocycles. The molecule has 88 valence electrons. The molecule has 2 nitrogen and oxygen atoms in total. The summed E-state index contributed by atoms with van der Waals surface area (Å²) in [5.41, 5.74) is 0.467. The van der Waals surface area contributed by atoms with Gasteiger partial charge in [-0.15, -0.1) is 0 Å². The van der Waals surface area contributed by atoms with E-state index < -0.39 is 8.07 Å². The quantitative estimate of drug-likeness (QED) is 0.633. The number of hydrogen-bond donors (Lipinski definition) is 1. The Morgan fingerprint density at radius 2 is 1.81 bits per heavy atom. The highest BCUT2D eigenvalue weighted by molar-refractivity contribution is 6.92. The lowest BCUT2D eigenvalue weighted by Gasteiger charge is -2.38. The summed E-state index contributed by atoms with van der Waals surface area (Å²) >= 11 is 0. The molecule has 16 heavy (non-hydrogen) atoms. The largest absolute Gasteiger partial charge is 0.507 e. The minimum absolute atomic E-state index is 0.0947. The maximum Gasteiger partial charge on any atom is 0.153 e. The van der Waals surface area contributed by atoms with E-state index in [-0.39, 0.29) is 10.8 Å². The molecule has 0 bridgehead atoms. The van der Waals surface area contributed by atoms with E-state index in [1.54, 1.807) is 6.07 Å². The van der Waals surface area contributed by atoms with Crippen LogP contribution in [0.3, 0.4) is 0 Å². The van der Waals surface area contributed by atoms with E-state index in [0.717, 1.165) is 11.5 Å². The van der Waals surface area contributed by atoms with E-state index >= 15 is 0 Å². The van der Waals surface area contributed by atoms with Crippen molar-refractivity contribution in [3.8, 4) is 5.75 Å². The Kier molecular flexibility index (Phi) is 3.29. The number of rotatable bonds is 2. The third-order valence-corrected chi connectivity index (χ3v) is 9.28. The van der Waals surface area contributed by atoms with Crippen molar-refractivity contribution in [2.24, 2.45) is 0 Å². The van der Waals surface area contributed by atoms with Crippen molar-refractivity contribution in [1.82, 2.24) is 0 Å². The minimum atomic E-state index is -1.77. The van der Waals surface area contributed by atoms with Gasteiger partial charge in [0.15, 0.2) is 6.29 Å². The molecule has 0 aliphatic carbocycles. The van der Waals surface area contributed by atoms with Gasteiger partial charge in [0.25, 0.3) is 0 Å². The van der Waals surface area contributed by atoms with Gasteiger partial charge in [0.05, 0.1) is 13.6 Å². The van der Waals surface area contributed by atoms with Crippen molar-refractivity contribution in [3.63, 3.8) is 0 Å². The molecule has 0 saturated heterocycles. The van der Waals surface area contributed by atoms with E-state index in [0.29, 0.717) is 5.56 Å². The van der Waals surface area contributed by atoms with Crippen molar-refractivity contribution in [2.45, 2.75) is 38.9 Å². The second kappa shape index (κ2) is 4.05. The Bertz CT molecular complexity index is 403. The summed E-state index contributed by atoms with van der Waals surface area (Å²) in [6, 6.07) is 5.36. The van der Waals surface area contributed by atoms with Gasteiger partial charge in [-0.1, -0.05) is 46.0 Å². The van der Waals surface area contributed by atoms with Crippen molar-refractivity contribution >= 4 is 19.5 Å². The number of aromatic hydroxyl groups is 1. The van der Waals surface area contributed by atoms with E-state index in [1.807, 2.05) is 12.1 Å². The van der Waals surface area contributed by atoms with Gasteiger partial charge in [0.2, 0.25) is 0 Å². The Balaban J connectivity index is 3.44. The average Bonchev–Trinajstić information content (AvgIpc) is 2.15. The van der Waals surface area contributed by atoms with Crippen LogP contribution in [0.25, 0.3) is 0 Å². The van der Waals surface area contributed by atoms with Crippen LogP contribution >= 0.6 is 0 Å². The summed E-state index contributed by atoms with van der Waals surface area (Å²) in [5, 5.41) is 10.9. The topological polar surface area (TPSA) is 37.3 Å². The maximum atomic E-state index is 11.1. The fourth-order valence-corrected chi connectivity index (χ4v) is 3.81. The second-order valence-electron chi connectivity index (χ2n) is 5.73. The Labute approximate surface area is 98.3 Å². The van der Waals surface area contributed by atoms with Crippen LogP contribution in [0.15, 0.2) is 18.2 Å². The zero-order valence-electron chi connectivity index (χ0n) is 10.7. The number of aldehydes is 1. The van der Waals surface area contributed by atoms with Gasteiger partial charge >= 0.3 is 0 Å². The van der Waals surface area contributed by atoms with Crippen molar-refractivity contribution in [2.75, 3.05) is 0 Å². The lowest BCUT2D eigenvalue weighted by molar-refractivity contribution is 0.112. The molecule has 0 amide bonds. The molecule has 0 saturated carbocycles. The van der Waals surface area contributed by atoms with Crippen molar-refractivity contribution in [1.29, 1.82) is 0 Å². The van der Waals surface area contributed by atoms with E-state index in [2.05, 4.69) is 33.9 Å². The summed E-state index contributed by atoms with van der Waals surface area (Å²) < 4.78 is 0. The number of carbonyl (C=O) groups excluding carboxylic acids is 1. The van der Waals surface area contributed by atoms with Gasteiger partial charge < -0.3 is 5.11 Å². The Morgan fingerprint density at radius 1 is 1.25 bits per heavy atom. The molecule has 0 heterocycles. The molecule has 1 aromatic rings. The molecule has 0 spiro atoms. The van der Waals surface area contributed by atoms with Gasteiger partial charge in [-0.05, 0) is 16.3 Å². The Hall–Kier alpha value is -1.09. The summed E-state index contributed by atoms with van der Waals surface area (Å²) in [6.07, 6.45) is 0.769. The van der Waals surface area contributed by atoms with Gasteiger partial charge in [0.1, 0.15) is 5.75 Å². The van der Waals surface area contributed by atoms with Crippen LogP contribution in [0, 0.1) is 0 Å². The number of carbonyl (C=O) groups is 1. The molecule has 0 fully saturated rings. The molecule has 0 unspecified atom stereocenters. The zero-order valence-corrected chi connectivity index (χ0v) is 11.7. The van der Waals surface area contributed by atoms with Crippen LogP contribution in [-0.2, 0) is 0 Å². The first-order valence-electron chi connectivity index (χ1n) is 5.49. The molecule has 3 heteroatoms. The smallest absolute Gasteiger partial charge is 0.153 e. The normalized spacial score (nSPS) is 12.6. The first kappa shape index (κ1) is 13.0. The molecule has 1 aromatic carbocycles. The van der Waals surface area contributed by atoms with E-state index in [1.165, 1.54) is 0 Å². The van der Waals surface area contributed by atoms with E-state index in [9.17, 15) is 9.90 Å². The van der Waals surface area contributed by atoms with Crippen LogP contribution < -0.4 is 5.19 Å². The SMILES string of the molecule is CC(C)(C)[Si](C)(C)c1cccc(O)c1C=O. The zero-order chi connectivity index (χ0) is 12.6. The van der Waals surface area contributed by atoms with Crippen LogP contribution in [0.1, 0.15) is 31.1 Å². The molecule has 0 radical (unpaired) electrons. The van der Waals surface area contributed by atoms with Crippen LogP contribution in [0.5, 0.6) is 5.75 Å². The van der Waals surface area contributed by atoms with Gasteiger partial charge in [-0.2, -0.15) is 0 Å². The first-order valence-corrected chi connectivity index (χ1v) is 8.49. The number of phenolic OH excluding ortho intramolecular Hbond substituents is 1. The first-order chi connectivity index (χ1) is 7.21. The molecular weight excluding hydrogens is 216 g/mol. The van der Waals surface area contributed by atoms with Gasteiger partial charge in [0, 0.05) is 0 Å². The van der Waals surface area contributed by atoms with E-state index in [4.69, 9.17) is 0 Å². The van der Waals surface area contributed by atoms with Crippen LogP contribution in [0.2, 0.25) is 18.1 Å².